The molecule has 0 bridgehead atoms. The molecule has 2 aromatic carbocycles. The Hall–Kier alpha value is -3.55. The van der Waals surface area contributed by atoms with Gasteiger partial charge < -0.3 is 15.4 Å². The van der Waals surface area contributed by atoms with Crippen LogP contribution in [-0.4, -0.2) is 29.5 Å². The molecule has 8 heteroatoms. The smallest absolute Gasteiger partial charge is 0.270 e. The minimum atomic E-state index is -0.761. The van der Waals surface area contributed by atoms with Crippen molar-refractivity contribution in [3.8, 4) is 5.75 Å². The minimum Gasteiger partial charge on any atom is -0.497 e. The molecule has 0 saturated carbocycles. The number of carbonyl (C=O) groups is 1. The van der Waals surface area contributed by atoms with E-state index in [0.29, 0.717) is 13.0 Å². The van der Waals surface area contributed by atoms with Crippen LogP contribution in [0, 0.1) is 11.6 Å². The van der Waals surface area contributed by atoms with Crippen LogP contribution in [0.4, 0.5) is 20.3 Å². The van der Waals surface area contributed by atoms with Gasteiger partial charge >= 0.3 is 0 Å². The van der Waals surface area contributed by atoms with Crippen molar-refractivity contribution in [1.82, 2.24) is 15.3 Å². The third-order valence-electron chi connectivity index (χ3n) is 3.93. The molecule has 144 valence electrons. The summed E-state index contributed by atoms with van der Waals surface area (Å²) in [6, 6.07) is 12.1. The number of anilines is 2. The van der Waals surface area contributed by atoms with Gasteiger partial charge in [0, 0.05) is 18.7 Å². The van der Waals surface area contributed by atoms with Crippen LogP contribution in [0.2, 0.25) is 0 Å². The van der Waals surface area contributed by atoms with Crippen LogP contribution in [-0.2, 0) is 6.42 Å². The number of rotatable bonds is 7. The minimum absolute atomic E-state index is 0.0458. The highest BCUT2D eigenvalue weighted by molar-refractivity contribution is 5.92. The van der Waals surface area contributed by atoms with Crippen molar-refractivity contribution < 1.29 is 18.3 Å². The van der Waals surface area contributed by atoms with Crippen LogP contribution in [0.3, 0.4) is 0 Å². The lowest BCUT2D eigenvalue weighted by Gasteiger charge is -2.09. The summed E-state index contributed by atoms with van der Waals surface area (Å²) in [7, 11) is 1.60. The lowest BCUT2D eigenvalue weighted by molar-refractivity contribution is 0.0949. The summed E-state index contributed by atoms with van der Waals surface area (Å²) in [5, 5.41) is 5.48. The van der Waals surface area contributed by atoms with Crippen LogP contribution < -0.4 is 15.4 Å². The van der Waals surface area contributed by atoms with Gasteiger partial charge in [-0.25, -0.2) is 18.7 Å². The number of hydrogen-bond acceptors (Lipinski definition) is 5. The van der Waals surface area contributed by atoms with Gasteiger partial charge in [0.25, 0.3) is 5.91 Å². The summed E-state index contributed by atoms with van der Waals surface area (Å²) in [6.07, 6.45) is 1.82. The van der Waals surface area contributed by atoms with Crippen LogP contribution in [0.1, 0.15) is 16.1 Å². The predicted molar refractivity (Wildman–Crippen MR) is 101 cm³/mol. The van der Waals surface area contributed by atoms with Gasteiger partial charge in [0.2, 0.25) is 0 Å². The number of aromatic nitrogens is 2. The molecule has 0 radical (unpaired) electrons. The Bertz CT molecular complexity index is 982. The number of nitrogens with one attached hydrogen (secondary N) is 2. The third-order valence-corrected chi connectivity index (χ3v) is 3.93. The van der Waals surface area contributed by atoms with Gasteiger partial charge in [0.1, 0.15) is 35.2 Å². The molecular weight excluding hydrogens is 366 g/mol. The lowest BCUT2D eigenvalue weighted by Crippen LogP contribution is -2.26. The first-order valence-corrected chi connectivity index (χ1v) is 8.50. The Kier molecular flexibility index (Phi) is 6.11. The van der Waals surface area contributed by atoms with Gasteiger partial charge in [-0.3, -0.25) is 4.79 Å². The van der Waals surface area contributed by atoms with Crippen LogP contribution >= 0.6 is 0 Å². The number of ether oxygens (including phenoxy) is 1. The summed E-state index contributed by atoms with van der Waals surface area (Å²) < 4.78 is 31.9. The number of halogens is 2. The fraction of sp³-hybridized carbons (Fsp3) is 0.150. The monoisotopic (exact) mass is 384 g/mol. The van der Waals surface area contributed by atoms with E-state index in [1.54, 1.807) is 7.11 Å². The number of methoxy groups -OCH3 is 1. The Morgan fingerprint density at radius 1 is 1.11 bits per heavy atom. The van der Waals surface area contributed by atoms with E-state index in [4.69, 9.17) is 4.74 Å². The average Bonchev–Trinajstić information content (AvgIpc) is 2.70. The van der Waals surface area contributed by atoms with E-state index in [1.165, 1.54) is 18.5 Å². The van der Waals surface area contributed by atoms with Gasteiger partial charge in [-0.15, -0.1) is 0 Å². The zero-order valence-corrected chi connectivity index (χ0v) is 15.1. The summed E-state index contributed by atoms with van der Waals surface area (Å²) in [5.74, 6) is -0.848. The van der Waals surface area contributed by atoms with Crippen molar-refractivity contribution in [2.45, 2.75) is 6.42 Å². The Labute approximate surface area is 160 Å². The van der Waals surface area contributed by atoms with E-state index in [2.05, 4.69) is 20.6 Å². The van der Waals surface area contributed by atoms with Gasteiger partial charge in [0.15, 0.2) is 0 Å². The lowest BCUT2D eigenvalue weighted by atomic mass is 10.1. The van der Waals surface area contributed by atoms with Crippen LogP contribution in [0.15, 0.2) is 54.9 Å². The molecule has 2 N–H and O–H groups in total. The van der Waals surface area contributed by atoms with Crippen molar-refractivity contribution >= 4 is 17.4 Å². The molecule has 0 spiro atoms. The second kappa shape index (κ2) is 8.90. The first-order chi connectivity index (χ1) is 13.5. The van der Waals surface area contributed by atoms with E-state index >= 15 is 0 Å². The molecule has 6 nitrogen and oxygen atoms in total. The van der Waals surface area contributed by atoms with Gasteiger partial charge in [-0.1, -0.05) is 12.1 Å². The largest absolute Gasteiger partial charge is 0.497 e. The maximum Gasteiger partial charge on any atom is 0.270 e. The zero-order valence-electron chi connectivity index (χ0n) is 15.1. The fourth-order valence-electron chi connectivity index (χ4n) is 2.52. The molecule has 3 aromatic rings. The molecule has 1 heterocycles. The molecule has 28 heavy (non-hydrogen) atoms. The molecule has 1 amide bonds. The summed E-state index contributed by atoms with van der Waals surface area (Å²) >= 11 is 0. The van der Waals surface area contributed by atoms with E-state index in [1.807, 2.05) is 24.3 Å². The second-order valence-electron chi connectivity index (χ2n) is 5.90. The van der Waals surface area contributed by atoms with Crippen molar-refractivity contribution in [1.29, 1.82) is 0 Å². The maximum absolute atomic E-state index is 13.7. The van der Waals surface area contributed by atoms with E-state index < -0.39 is 11.6 Å². The van der Waals surface area contributed by atoms with E-state index in [9.17, 15) is 13.6 Å². The number of benzene rings is 2. The summed E-state index contributed by atoms with van der Waals surface area (Å²) in [4.78, 5) is 20.2. The highest BCUT2D eigenvalue weighted by Gasteiger charge is 2.10. The first kappa shape index (κ1) is 19.2. The Morgan fingerprint density at radius 2 is 1.96 bits per heavy atom. The van der Waals surface area contributed by atoms with Gasteiger partial charge in [-0.2, -0.15) is 0 Å². The summed E-state index contributed by atoms with van der Waals surface area (Å²) in [5.41, 5.74) is 1.20. The zero-order chi connectivity index (χ0) is 19.9. The third kappa shape index (κ3) is 5.00. The van der Waals surface area contributed by atoms with Crippen LogP contribution in [0.25, 0.3) is 0 Å². The molecule has 3 rings (SSSR count). The molecule has 0 unspecified atom stereocenters. The molecule has 0 aliphatic rings. The highest BCUT2D eigenvalue weighted by Crippen LogP contribution is 2.19. The molecule has 0 saturated heterocycles. The number of amides is 1. The topological polar surface area (TPSA) is 76.1 Å². The molecule has 0 aliphatic heterocycles. The van der Waals surface area contributed by atoms with Crippen molar-refractivity contribution in [3.63, 3.8) is 0 Å². The van der Waals surface area contributed by atoms with Gasteiger partial charge in [-0.05, 0) is 36.2 Å². The average molecular weight is 384 g/mol. The van der Waals surface area contributed by atoms with Crippen molar-refractivity contribution in [2.75, 3.05) is 19.0 Å². The molecule has 1 aromatic heterocycles. The summed E-state index contributed by atoms with van der Waals surface area (Å²) in [6.45, 7) is 0.408. The molecule has 0 aliphatic carbocycles. The van der Waals surface area contributed by atoms with E-state index in [0.717, 1.165) is 23.4 Å². The highest BCUT2D eigenvalue weighted by atomic mass is 19.1. The Morgan fingerprint density at radius 3 is 2.75 bits per heavy atom. The second-order valence-corrected chi connectivity index (χ2v) is 5.90. The SMILES string of the molecule is COc1cccc(CCNC(=O)c2cc(Nc3ccc(F)cc3F)ncn2)c1. The van der Waals surface area contributed by atoms with Crippen LogP contribution in [0.5, 0.6) is 5.75 Å². The number of carbonyl (C=O) groups excluding carboxylic acids is 1. The standard InChI is InChI=1S/C20H18F2N4O2/c1-28-15-4-2-3-13(9-15)7-8-23-20(27)18-11-19(25-12-24-18)26-17-6-5-14(21)10-16(17)22/h2-6,9-12H,7-8H2,1H3,(H,23,27)(H,24,25,26). The normalized spacial score (nSPS) is 10.4. The first-order valence-electron chi connectivity index (χ1n) is 8.50. The van der Waals surface area contributed by atoms with Crippen molar-refractivity contribution in [3.05, 3.63) is 77.8 Å². The predicted octanol–water partition coefficient (Wildman–Crippen LogP) is 3.48. The maximum atomic E-state index is 13.7. The van der Waals surface area contributed by atoms with E-state index in [-0.39, 0.29) is 23.1 Å². The number of hydrogen-bond donors (Lipinski definition) is 2. The van der Waals surface area contributed by atoms with Crippen molar-refractivity contribution in [2.24, 2.45) is 0 Å². The fourth-order valence-corrected chi connectivity index (χ4v) is 2.52. The molecule has 0 atom stereocenters. The Balaban J connectivity index is 1.60. The number of nitrogens with zero attached hydrogens (tertiary/aromatic N) is 2. The molecular formula is C20H18F2N4O2. The molecule has 0 fully saturated rings. The van der Waals surface area contributed by atoms with Gasteiger partial charge in [0.05, 0.1) is 12.8 Å². The quantitative estimate of drug-likeness (QED) is 0.652.